The normalized spacial score (nSPS) is 11.3. The van der Waals surface area contributed by atoms with Crippen LogP contribution in [0.25, 0.3) is 0 Å². The van der Waals surface area contributed by atoms with E-state index >= 15 is 0 Å². The van der Waals surface area contributed by atoms with Gasteiger partial charge in [0, 0.05) is 23.1 Å². The highest BCUT2D eigenvalue weighted by molar-refractivity contribution is 6.36. The average Bonchev–Trinajstić information content (AvgIpc) is 2.35. The third-order valence-corrected chi connectivity index (χ3v) is 3.03. The van der Waals surface area contributed by atoms with Gasteiger partial charge >= 0.3 is 0 Å². The molecule has 0 saturated heterocycles. The fourth-order valence-electron chi connectivity index (χ4n) is 1.50. The van der Waals surface area contributed by atoms with Gasteiger partial charge in [-0.15, -0.1) is 0 Å². The first kappa shape index (κ1) is 15.8. The summed E-state index contributed by atoms with van der Waals surface area (Å²) in [6.45, 7) is 5.11. The third-order valence-electron chi connectivity index (χ3n) is 2.32. The lowest BCUT2D eigenvalue weighted by atomic mass is 10.1. The molecule has 1 aromatic carbocycles. The van der Waals surface area contributed by atoms with Crippen molar-refractivity contribution in [3.05, 3.63) is 33.8 Å². The molecule has 0 atom stereocenters. The van der Waals surface area contributed by atoms with Crippen LogP contribution in [0.5, 0.6) is 0 Å². The largest absolute Gasteiger partial charge is 0.356 e. The van der Waals surface area contributed by atoms with E-state index in [1.54, 1.807) is 18.2 Å². The van der Waals surface area contributed by atoms with E-state index in [4.69, 9.17) is 23.2 Å². The number of rotatable bonds is 4. The van der Waals surface area contributed by atoms with E-state index in [0.29, 0.717) is 34.7 Å². The van der Waals surface area contributed by atoms with Gasteiger partial charge in [-0.3, -0.25) is 15.1 Å². The van der Waals surface area contributed by atoms with Gasteiger partial charge in [0.1, 0.15) is 0 Å². The summed E-state index contributed by atoms with van der Waals surface area (Å²) < 4.78 is 0. The minimum atomic E-state index is -0.205. The van der Waals surface area contributed by atoms with Crippen LogP contribution in [0, 0.1) is 0 Å². The second kappa shape index (κ2) is 8.02. The molecule has 0 aliphatic heterocycles. The summed E-state index contributed by atoms with van der Waals surface area (Å²) in [5.41, 5.74) is 0.621. The van der Waals surface area contributed by atoms with Crippen LogP contribution >= 0.6 is 23.2 Å². The van der Waals surface area contributed by atoms with E-state index < -0.39 is 0 Å². The van der Waals surface area contributed by atoms with Crippen molar-refractivity contribution in [3.63, 3.8) is 0 Å². The fraction of sp³-hybridized carbons (Fsp3) is 0.385. The van der Waals surface area contributed by atoms with Gasteiger partial charge in [0.2, 0.25) is 5.91 Å². The Morgan fingerprint density at radius 2 is 1.89 bits per heavy atom. The molecule has 2 N–H and O–H groups in total. The van der Waals surface area contributed by atoms with Gasteiger partial charge in [0.15, 0.2) is 5.96 Å². The maximum absolute atomic E-state index is 11.9. The van der Waals surface area contributed by atoms with Crippen molar-refractivity contribution in [2.75, 3.05) is 13.1 Å². The number of nitrogens with zero attached hydrogens (tertiary/aromatic N) is 1. The summed E-state index contributed by atoms with van der Waals surface area (Å²) in [4.78, 5) is 16.1. The third kappa shape index (κ3) is 5.09. The molecule has 4 nitrogen and oxygen atoms in total. The number of carbonyl (C=O) groups is 1. The molecule has 1 aromatic rings. The van der Waals surface area contributed by atoms with Crippen LogP contribution in [0.1, 0.15) is 19.4 Å². The molecule has 0 radical (unpaired) electrons. The van der Waals surface area contributed by atoms with E-state index in [1.165, 1.54) is 0 Å². The van der Waals surface area contributed by atoms with Crippen LogP contribution < -0.4 is 10.6 Å². The van der Waals surface area contributed by atoms with Crippen LogP contribution in [0.3, 0.4) is 0 Å². The zero-order valence-corrected chi connectivity index (χ0v) is 12.5. The average molecular weight is 302 g/mol. The van der Waals surface area contributed by atoms with Crippen LogP contribution in [0.2, 0.25) is 10.0 Å². The molecular weight excluding hydrogens is 285 g/mol. The van der Waals surface area contributed by atoms with Crippen molar-refractivity contribution in [3.8, 4) is 0 Å². The Balaban J connectivity index is 2.72. The molecule has 1 amide bonds. The Kier molecular flexibility index (Phi) is 6.67. The molecule has 0 bridgehead atoms. The van der Waals surface area contributed by atoms with Crippen molar-refractivity contribution in [1.29, 1.82) is 0 Å². The number of carbonyl (C=O) groups excluding carboxylic acids is 1. The van der Waals surface area contributed by atoms with E-state index in [-0.39, 0.29) is 12.3 Å². The van der Waals surface area contributed by atoms with Gasteiger partial charge in [0.05, 0.1) is 6.42 Å². The lowest BCUT2D eigenvalue weighted by Gasteiger charge is -2.11. The highest BCUT2D eigenvalue weighted by atomic mass is 35.5. The topological polar surface area (TPSA) is 53.5 Å². The van der Waals surface area contributed by atoms with E-state index in [2.05, 4.69) is 15.6 Å². The van der Waals surface area contributed by atoms with Gasteiger partial charge in [-0.05, 0) is 31.5 Å². The lowest BCUT2D eigenvalue weighted by molar-refractivity contribution is -0.119. The molecule has 1 rings (SSSR count). The Morgan fingerprint density at radius 1 is 1.26 bits per heavy atom. The van der Waals surface area contributed by atoms with Gasteiger partial charge in [-0.1, -0.05) is 29.3 Å². The molecule has 0 saturated carbocycles. The molecule has 0 aromatic heterocycles. The van der Waals surface area contributed by atoms with Crippen LogP contribution in [0.4, 0.5) is 0 Å². The maximum atomic E-state index is 11.9. The fourth-order valence-corrected chi connectivity index (χ4v) is 2.03. The first-order valence-electron chi connectivity index (χ1n) is 6.09. The predicted molar refractivity (Wildman–Crippen MR) is 80.0 cm³/mol. The number of aliphatic imine (C=N–C) groups is 1. The monoisotopic (exact) mass is 301 g/mol. The van der Waals surface area contributed by atoms with Crippen molar-refractivity contribution < 1.29 is 4.79 Å². The lowest BCUT2D eigenvalue weighted by Crippen LogP contribution is -2.41. The Hall–Kier alpha value is -1.26. The quantitative estimate of drug-likeness (QED) is 0.663. The summed E-state index contributed by atoms with van der Waals surface area (Å²) in [5, 5.41) is 6.66. The maximum Gasteiger partial charge on any atom is 0.231 e. The molecule has 0 fully saturated rings. The minimum absolute atomic E-state index is 0.118. The Bertz CT molecular complexity index is 455. The molecule has 104 valence electrons. The van der Waals surface area contributed by atoms with Crippen molar-refractivity contribution in [2.45, 2.75) is 20.3 Å². The van der Waals surface area contributed by atoms with E-state index in [9.17, 15) is 4.79 Å². The first-order valence-corrected chi connectivity index (χ1v) is 6.85. The first-order chi connectivity index (χ1) is 9.08. The second-order valence-corrected chi connectivity index (χ2v) is 4.59. The summed E-state index contributed by atoms with van der Waals surface area (Å²) in [6, 6.07) is 5.16. The molecule has 0 aliphatic carbocycles. The number of benzene rings is 1. The molecule has 19 heavy (non-hydrogen) atoms. The van der Waals surface area contributed by atoms with Gasteiger partial charge in [0.25, 0.3) is 0 Å². The van der Waals surface area contributed by atoms with Crippen molar-refractivity contribution in [2.24, 2.45) is 4.99 Å². The predicted octanol–water partition coefficient (Wildman–Crippen LogP) is 2.64. The van der Waals surface area contributed by atoms with Crippen LogP contribution in [0.15, 0.2) is 23.2 Å². The van der Waals surface area contributed by atoms with Crippen LogP contribution in [-0.2, 0) is 11.2 Å². The van der Waals surface area contributed by atoms with Gasteiger partial charge in [-0.2, -0.15) is 0 Å². The smallest absolute Gasteiger partial charge is 0.231 e. The second-order valence-electron chi connectivity index (χ2n) is 3.78. The summed E-state index contributed by atoms with van der Waals surface area (Å²) in [6.07, 6.45) is 0.118. The number of hydrogen-bond acceptors (Lipinski definition) is 2. The number of amides is 1. The molecule has 0 spiro atoms. The van der Waals surface area contributed by atoms with Crippen molar-refractivity contribution >= 4 is 35.1 Å². The standard InChI is InChI=1S/C13H17Cl2N3O/c1-3-16-13(17-4-2)18-12(19)8-9-10(14)6-5-7-11(9)15/h5-7H,3-4,8H2,1-2H3,(H2,16,17,18,19). The molecule has 0 aliphatic rings. The van der Waals surface area contributed by atoms with E-state index in [1.807, 2.05) is 13.8 Å². The van der Waals surface area contributed by atoms with Gasteiger partial charge < -0.3 is 5.32 Å². The van der Waals surface area contributed by atoms with Crippen molar-refractivity contribution in [1.82, 2.24) is 10.6 Å². The number of hydrogen-bond donors (Lipinski definition) is 2. The number of nitrogens with one attached hydrogen (secondary N) is 2. The zero-order valence-electron chi connectivity index (χ0n) is 11.0. The Labute approximate surface area is 123 Å². The summed E-state index contributed by atoms with van der Waals surface area (Å²) in [7, 11) is 0. The Morgan fingerprint density at radius 3 is 2.42 bits per heavy atom. The van der Waals surface area contributed by atoms with Gasteiger partial charge in [-0.25, -0.2) is 0 Å². The molecule has 6 heteroatoms. The number of guanidine groups is 1. The minimum Gasteiger partial charge on any atom is -0.356 e. The van der Waals surface area contributed by atoms with E-state index in [0.717, 1.165) is 0 Å². The number of halogens is 2. The van der Waals surface area contributed by atoms with Crippen LogP contribution in [-0.4, -0.2) is 25.0 Å². The summed E-state index contributed by atoms with van der Waals surface area (Å²) in [5.74, 6) is 0.265. The molecule has 0 unspecified atom stereocenters. The SMILES string of the molecule is CCN=C(NCC)NC(=O)Cc1c(Cl)cccc1Cl. The highest BCUT2D eigenvalue weighted by Crippen LogP contribution is 2.24. The molecular formula is C13H17Cl2N3O. The molecule has 0 heterocycles. The highest BCUT2D eigenvalue weighted by Gasteiger charge is 2.12. The summed E-state index contributed by atoms with van der Waals surface area (Å²) >= 11 is 12.0. The zero-order chi connectivity index (χ0) is 14.3.